The standard InChI is InChI=1S/C13H14N2O3/c16-13(17)10-2-1-4-15-11(10)7-14-12(15)6-9-3-5-18-8-9/h1-2,4,7,9H,3,5-6,8H2,(H,16,17). The first-order valence-corrected chi connectivity index (χ1v) is 6.01. The van der Waals surface area contributed by atoms with Gasteiger partial charge >= 0.3 is 5.97 Å². The van der Waals surface area contributed by atoms with E-state index in [0.29, 0.717) is 17.0 Å². The van der Waals surface area contributed by atoms with Crippen LogP contribution in [0.5, 0.6) is 0 Å². The molecule has 1 saturated heterocycles. The van der Waals surface area contributed by atoms with Crippen LogP contribution in [0.15, 0.2) is 24.5 Å². The van der Waals surface area contributed by atoms with E-state index in [1.165, 1.54) is 0 Å². The first kappa shape index (κ1) is 11.2. The first-order chi connectivity index (χ1) is 8.75. The zero-order valence-electron chi connectivity index (χ0n) is 9.87. The zero-order valence-corrected chi connectivity index (χ0v) is 9.87. The van der Waals surface area contributed by atoms with Crippen LogP contribution in [0, 0.1) is 5.92 Å². The van der Waals surface area contributed by atoms with E-state index in [4.69, 9.17) is 9.84 Å². The van der Waals surface area contributed by atoms with Gasteiger partial charge in [-0.15, -0.1) is 0 Å². The van der Waals surface area contributed by atoms with Gasteiger partial charge in [-0.2, -0.15) is 0 Å². The highest BCUT2D eigenvalue weighted by Gasteiger charge is 2.19. The molecule has 0 saturated carbocycles. The van der Waals surface area contributed by atoms with Crippen LogP contribution in [0.2, 0.25) is 0 Å². The largest absolute Gasteiger partial charge is 0.478 e. The highest BCUT2D eigenvalue weighted by molar-refractivity contribution is 5.95. The Balaban J connectivity index is 1.98. The molecule has 1 unspecified atom stereocenters. The number of hydrogen-bond donors (Lipinski definition) is 1. The van der Waals surface area contributed by atoms with Crippen molar-refractivity contribution >= 4 is 11.5 Å². The van der Waals surface area contributed by atoms with Gasteiger partial charge in [-0.1, -0.05) is 0 Å². The van der Waals surface area contributed by atoms with E-state index in [0.717, 1.165) is 31.9 Å². The normalized spacial score (nSPS) is 19.4. The van der Waals surface area contributed by atoms with Gasteiger partial charge in [0.05, 0.1) is 17.3 Å². The highest BCUT2D eigenvalue weighted by atomic mass is 16.5. The molecule has 1 fully saturated rings. The Morgan fingerprint density at radius 2 is 2.50 bits per heavy atom. The molecule has 2 aromatic rings. The van der Waals surface area contributed by atoms with E-state index < -0.39 is 5.97 Å². The molecule has 1 N–H and O–H groups in total. The number of pyridine rings is 1. The SMILES string of the molecule is O=C(O)c1cccn2c(CC3CCOC3)ncc12. The van der Waals surface area contributed by atoms with Gasteiger partial charge < -0.3 is 14.2 Å². The van der Waals surface area contributed by atoms with Crippen molar-refractivity contribution < 1.29 is 14.6 Å². The molecule has 1 aliphatic rings. The van der Waals surface area contributed by atoms with Crippen molar-refractivity contribution in [2.45, 2.75) is 12.8 Å². The van der Waals surface area contributed by atoms with E-state index >= 15 is 0 Å². The summed E-state index contributed by atoms with van der Waals surface area (Å²) in [6.45, 7) is 1.59. The minimum atomic E-state index is -0.920. The fraction of sp³-hybridized carbons (Fsp3) is 0.385. The molecular formula is C13H14N2O3. The quantitative estimate of drug-likeness (QED) is 0.893. The molecule has 5 heteroatoms. The molecule has 1 aliphatic heterocycles. The lowest BCUT2D eigenvalue weighted by atomic mass is 10.1. The lowest BCUT2D eigenvalue weighted by Crippen LogP contribution is -2.08. The third-order valence-corrected chi connectivity index (χ3v) is 3.37. The molecule has 3 rings (SSSR count). The molecule has 1 atom stereocenters. The van der Waals surface area contributed by atoms with Gasteiger partial charge in [-0.05, 0) is 24.5 Å². The van der Waals surface area contributed by atoms with Crippen molar-refractivity contribution in [3.8, 4) is 0 Å². The molecule has 0 aromatic carbocycles. The van der Waals surface area contributed by atoms with Crippen molar-refractivity contribution in [2.24, 2.45) is 5.92 Å². The predicted octanol–water partition coefficient (Wildman–Crippen LogP) is 1.61. The summed E-state index contributed by atoms with van der Waals surface area (Å²) in [6, 6.07) is 3.34. The second-order valence-electron chi connectivity index (χ2n) is 4.59. The Bertz CT molecular complexity index is 585. The van der Waals surface area contributed by atoms with Crippen LogP contribution in [0.4, 0.5) is 0 Å². The van der Waals surface area contributed by atoms with Gasteiger partial charge in [0.2, 0.25) is 0 Å². The minimum Gasteiger partial charge on any atom is -0.478 e. The minimum absolute atomic E-state index is 0.291. The maximum absolute atomic E-state index is 11.1. The third kappa shape index (κ3) is 1.86. The number of nitrogens with zero attached hydrogens (tertiary/aromatic N) is 2. The van der Waals surface area contributed by atoms with Crippen molar-refractivity contribution in [3.63, 3.8) is 0 Å². The van der Waals surface area contributed by atoms with Crippen LogP contribution in [0.25, 0.3) is 5.52 Å². The Labute approximate surface area is 104 Å². The topological polar surface area (TPSA) is 63.8 Å². The van der Waals surface area contributed by atoms with Gasteiger partial charge in [0, 0.05) is 25.8 Å². The van der Waals surface area contributed by atoms with E-state index in [1.807, 2.05) is 10.6 Å². The molecular weight excluding hydrogens is 232 g/mol. The van der Waals surface area contributed by atoms with Crippen molar-refractivity contribution in [2.75, 3.05) is 13.2 Å². The second kappa shape index (κ2) is 4.42. The van der Waals surface area contributed by atoms with Gasteiger partial charge in [0.15, 0.2) is 0 Å². The van der Waals surface area contributed by atoms with Crippen LogP contribution >= 0.6 is 0 Å². The number of imidazole rings is 1. The summed E-state index contributed by atoms with van der Waals surface area (Å²) in [5.41, 5.74) is 0.942. The molecule has 18 heavy (non-hydrogen) atoms. The van der Waals surface area contributed by atoms with Crippen LogP contribution in [-0.4, -0.2) is 33.7 Å². The molecule has 0 spiro atoms. The summed E-state index contributed by atoms with van der Waals surface area (Å²) in [4.78, 5) is 15.5. The molecule has 94 valence electrons. The van der Waals surface area contributed by atoms with E-state index in [9.17, 15) is 4.79 Å². The number of fused-ring (bicyclic) bond motifs is 1. The Morgan fingerprint density at radius 3 is 3.22 bits per heavy atom. The van der Waals surface area contributed by atoms with Gasteiger partial charge in [0.25, 0.3) is 0 Å². The van der Waals surface area contributed by atoms with Crippen molar-refractivity contribution in [3.05, 3.63) is 35.9 Å². The number of ether oxygens (including phenoxy) is 1. The number of aromatic nitrogens is 2. The average Bonchev–Trinajstić information content (AvgIpc) is 2.99. The lowest BCUT2D eigenvalue weighted by molar-refractivity contribution is 0.0698. The van der Waals surface area contributed by atoms with Gasteiger partial charge in [0.1, 0.15) is 5.82 Å². The Kier molecular flexibility index (Phi) is 2.76. The average molecular weight is 246 g/mol. The van der Waals surface area contributed by atoms with Gasteiger partial charge in [-0.3, -0.25) is 0 Å². The van der Waals surface area contributed by atoms with E-state index in [2.05, 4.69) is 4.98 Å². The number of carboxylic acids is 1. The molecule has 5 nitrogen and oxygen atoms in total. The van der Waals surface area contributed by atoms with Crippen LogP contribution in [0.1, 0.15) is 22.6 Å². The molecule has 2 aromatic heterocycles. The van der Waals surface area contributed by atoms with Crippen molar-refractivity contribution in [1.82, 2.24) is 9.38 Å². The fourth-order valence-corrected chi connectivity index (χ4v) is 2.41. The van der Waals surface area contributed by atoms with E-state index in [-0.39, 0.29) is 0 Å². The number of carbonyl (C=O) groups is 1. The predicted molar refractivity (Wildman–Crippen MR) is 64.8 cm³/mol. The Hall–Kier alpha value is -1.88. The maximum atomic E-state index is 11.1. The molecule has 0 bridgehead atoms. The second-order valence-corrected chi connectivity index (χ2v) is 4.59. The Morgan fingerprint density at radius 1 is 1.61 bits per heavy atom. The summed E-state index contributed by atoms with van der Waals surface area (Å²) >= 11 is 0. The number of rotatable bonds is 3. The molecule has 0 amide bonds. The molecule has 3 heterocycles. The summed E-state index contributed by atoms with van der Waals surface area (Å²) in [6.07, 6.45) is 5.37. The van der Waals surface area contributed by atoms with E-state index in [1.54, 1.807) is 18.3 Å². The number of aromatic carboxylic acids is 1. The summed E-state index contributed by atoms with van der Waals surface area (Å²) < 4.78 is 7.21. The first-order valence-electron chi connectivity index (χ1n) is 6.01. The van der Waals surface area contributed by atoms with Gasteiger partial charge in [-0.25, -0.2) is 9.78 Å². The molecule has 0 aliphatic carbocycles. The smallest absolute Gasteiger partial charge is 0.337 e. The third-order valence-electron chi connectivity index (χ3n) is 3.37. The molecule has 0 radical (unpaired) electrons. The van der Waals surface area contributed by atoms with Crippen molar-refractivity contribution in [1.29, 1.82) is 0 Å². The number of carboxylic acid groups (broad SMARTS) is 1. The summed E-state index contributed by atoms with van der Waals surface area (Å²) in [5.74, 6) is 0.476. The zero-order chi connectivity index (χ0) is 12.5. The fourth-order valence-electron chi connectivity index (χ4n) is 2.41. The summed E-state index contributed by atoms with van der Waals surface area (Å²) in [7, 11) is 0. The maximum Gasteiger partial charge on any atom is 0.337 e. The highest BCUT2D eigenvalue weighted by Crippen LogP contribution is 2.20. The van der Waals surface area contributed by atoms with Crippen LogP contribution in [0.3, 0.4) is 0 Å². The monoisotopic (exact) mass is 246 g/mol. The van der Waals surface area contributed by atoms with Crippen LogP contribution in [-0.2, 0) is 11.2 Å². The number of hydrogen-bond acceptors (Lipinski definition) is 3. The lowest BCUT2D eigenvalue weighted by Gasteiger charge is -2.07. The summed E-state index contributed by atoms with van der Waals surface area (Å²) in [5, 5.41) is 9.12. The van der Waals surface area contributed by atoms with Crippen LogP contribution < -0.4 is 0 Å².